The van der Waals surface area contributed by atoms with E-state index >= 15 is 0 Å². The molecule has 166 valence electrons. The lowest BCUT2D eigenvalue weighted by atomic mass is 9.70. The fourth-order valence-corrected chi connectivity index (χ4v) is 7.03. The Kier molecular flexibility index (Phi) is 4.59. The van der Waals surface area contributed by atoms with E-state index in [2.05, 4.69) is 6.92 Å². The van der Waals surface area contributed by atoms with Gasteiger partial charge in [0.2, 0.25) is 0 Å². The first kappa shape index (κ1) is 21.2. The lowest BCUT2D eigenvalue weighted by Gasteiger charge is -2.50. The topological polar surface area (TPSA) is 46.5 Å². The number of alkyl halides is 6. The summed E-state index contributed by atoms with van der Waals surface area (Å²) in [4.78, 5) is 13.0. The Hall–Kier alpha value is -0.990. The van der Waals surface area contributed by atoms with Crippen molar-refractivity contribution in [3.05, 3.63) is 0 Å². The molecule has 1 N–H and O–H groups in total. The number of halogens is 6. The van der Waals surface area contributed by atoms with Crippen LogP contribution in [0.1, 0.15) is 52.4 Å². The summed E-state index contributed by atoms with van der Waals surface area (Å²) >= 11 is 0. The molecule has 0 amide bonds. The molecule has 4 aliphatic rings. The molecule has 4 fully saturated rings. The standard InChI is InChI=1S/C20H26F6O3/c1-9-10(2)14-6-12(9)7-15(14)16(27)29-17(8-11-3-4-13(17)5-11)18(28,19(21,22)23)20(24,25)26/h9-15,28H,3-8H2,1-2H3. The molecule has 3 nitrogen and oxygen atoms in total. The highest BCUT2D eigenvalue weighted by Crippen LogP contribution is 2.64. The van der Waals surface area contributed by atoms with E-state index < -0.39 is 53.7 Å². The van der Waals surface area contributed by atoms with Gasteiger partial charge in [-0.15, -0.1) is 0 Å². The Morgan fingerprint density at radius 1 is 0.966 bits per heavy atom. The van der Waals surface area contributed by atoms with Crippen molar-refractivity contribution in [1.29, 1.82) is 0 Å². The minimum Gasteiger partial charge on any atom is -0.455 e. The number of hydrogen-bond donors (Lipinski definition) is 1. The summed E-state index contributed by atoms with van der Waals surface area (Å²) < 4.78 is 87.7. The van der Waals surface area contributed by atoms with Gasteiger partial charge in [0.15, 0.2) is 5.60 Å². The summed E-state index contributed by atoms with van der Waals surface area (Å²) in [6.45, 7) is 4.02. The van der Waals surface area contributed by atoms with Crippen LogP contribution in [-0.4, -0.2) is 34.6 Å². The lowest BCUT2D eigenvalue weighted by Crippen LogP contribution is -2.73. The molecule has 0 aromatic carbocycles. The molecule has 8 unspecified atom stereocenters. The molecule has 8 atom stereocenters. The maximum absolute atomic E-state index is 13.8. The Balaban J connectivity index is 1.70. The minimum absolute atomic E-state index is 0.0799. The second kappa shape index (κ2) is 6.26. The zero-order chi connectivity index (χ0) is 21.6. The van der Waals surface area contributed by atoms with Gasteiger partial charge in [-0.05, 0) is 68.1 Å². The maximum Gasteiger partial charge on any atom is 0.430 e. The fourth-order valence-electron chi connectivity index (χ4n) is 7.03. The first-order valence-electron chi connectivity index (χ1n) is 10.3. The van der Waals surface area contributed by atoms with E-state index in [0.29, 0.717) is 18.8 Å². The predicted octanol–water partition coefficient (Wildman–Crippen LogP) is 4.87. The lowest BCUT2D eigenvalue weighted by molar-refractivity contribution is -0.419. The third-order valence-corrected chi connectivity index (χ3v) is 8.71. The van der Waals surface area contributed by atoms with E-state index in [4.69, 9.17) is 4.74 Å². The third kappa shape index (κ3) is 2.71. The van der Waals surface area contributed by atoms with Gasteiger partial charge in [0, 0.05) is 5.92 Å². The van der Waals surface area contributed by atoms with Crippen LogP contribution in [0.4, 0.5) is 26.3 Å². The van der Waals surface area contributed by atoms with Crippen molar-refractivity contribution in [3.8, 4) is 0 Å². The summed E-state index contributed by atoms with van der Waals surface area (Å²) in [5.41, 5.74) is -8.07. The van der Waals surface area contributed by atoms with Crippen molar-refractivity contribution in [2.45, 2.75) is 75.9 Å². The summed E-state index contributed by atoms with van der Waals surface area (Å²) in [6, 6.07) is 0. The molecule has 0 aliphatic heterocycles. The fraction of sp³-hybridized carbons (Fsp3) is 0.950. The molecule has 0 heterocycles. The van der Waals surface area contributed by atoms with Crippen molar-refractivity contribution >= 4 is 5.97 Å². The van der Waals surface area contributed by atoms with E-state index in [-0.39, 0.29) is 30.6 Å². The molecule has 29 heavy (non-hydrogen) atoms. The quantitative estimate of drug-likeness (QED) is 0.515. The monoisotopic (exact) mass is 428 g/mol. The van der Waals surface area contributed by atoms with Gasteiger partial charge >= 0.3 is 18.3 Å². The Labute approximate surface area is 165 Å². The average Bonchev–Trinajstić information content (AvgIpc) is 3.34. The van der Waals surface area contributed by atoms with Crippen LogP contribution in [-0.2, 0) is 9.53 Å². The molecule has 4 aliphatic carbocycles. The van der Waals surface area contributed by atoms with Crippen LogP contribution in [0.15, 0.2) is 0 Å². The zero-order valence-electron chi connectivity index (χ0n) is 16.3. The van der Waals surface area contributed by atoms with Crippen LogP contribution >= 0.6 is 0 Å². The SMILES string of the molecule is CC1C2CC(C(=O)OC3(C(O)(C(F)(F)F)C(F)(F)F)CC4CCC3C4)C(C2)C1C. The summed E-state index contributed by atoms with van der Waals surface area (Å²) in [7, 11) is 0. The van der Waals surface area contributed by atoms with Gasteiger partial charge in [0.05, 0.1) is 5.92 Å². The van der Waals surface area contributed by atoms with Gasteiger partial charge in [0.1, 0.15) is 0 Å². The van der Waals surface area contributed by atoms with Crippen LogP contribution in [0.2, 0.25) is 0 Å². The van der Waals surface area contributed by atoms with Gasteiger partial charge < -0.3 is 9.84 Å². The second-order valence-electron chi connectivity index (χ2n) is 9.82. The molecule has 0 aromatic rings. The highest BCUT2D eigenvalue weighted by Gasteiger charge is 2.84. The predicted molar refractivity (Wildman–Crippen MR) is 89.4 cm³/mol. The molecule has 0 aromatic heterocycles. The molecule has 4 bridgehead atoms. The van der Waals surface area contributed by atoms with E-state index in [9.17, 15) is 36.2 Å². The first-order chi connectivity index (χ1) is 13.2. The Bertz CT molecular complexity index is 673. The Morgan fingerprint density at radius 2 is 1.59 bits per heavy atom. The molecule has 4 rings (SSSR count). The number of carbonyl (C=O) groups is 1. The molecule has 0 radical (unpaired) electrons. The number of carbonyl (C=O) groups excluding carboxylic acids is 1. The number of fused-ring (bicyclic) bond motifs is 4. The van der Waals surface area contributed by atoms with Crippen molar-refractivity contribution in [2.75, 3.05) is 0 Å². The summed E-state index contributed by atoms with van der Waals surface area (Å²) in [5.74, 6) is -2.61. The first-order valence-corrected chi connectivity index (χ1v) is 10.3. The average molecular weight is 428 g/mol. The maximum atomic E-state index is 13.8. The molecular formula is C20H26F6O3. The van der Waals surface area contributed by atoms with E-state index in [1.165, 1.54) is 0 Å². The van der Waals surface area contributed by atoms with Gasteiger partial charge in [-0.25, -0.2) is 0 Å². The normalized spacial score (nSPS) is 44.5. The number of hydrogen-bond acceptors (Lipinski definition) is 3. The third-order valence-electron chi connectivity index (χ3n) is 8.71. The summed E-state index contributed by atoms with van der Waals surface area (Å²) in [5, 5.41) is 10.2. The highest BCUT2D eigenvalue weighted by molar-refractivity contribution is 5.74. The largest absolute Gasteiger partial charge is 0.455 e. The van der Waals surface area contributed by atoms with Crippen molar-refractivity contribution < 1.29 is 41.0 Å². The molecular weight excluding hydrogens is 402 g/mol. The number of ether oxygens (including phenoxy) is 1. The van der Waals surface area contributed by atoms with E-state index in [1.807, 2.05) is 6.92 Å². The van der Waals surface area contributed by atoms with Crippen molar-refractivity contribution in [3.63, 3.8) is 0 Å². The van der Waals surface area contributed by atoms with Gasteiger partial charge in [-0.2, -0.15) is 26.3 Å². The zero-order valence-corrected chi connectivity index (χ0v) is 16.3. The second-order valence-corrected chi connectivity index (χ2v) is 9.82. The van der Waals surface area contributed by atoms with Gasteiger partial charge in [-0.1, -0.05) is 13.8 Å². The highest BCUT2D eigenvalue weighted by atomic mass is 19.4. The van der Waals surface area contributed by atoms with E-state index in [1.54, 1.807) is 0 Å². The van der Waals surface area contributed by atoms with E-state index in [0.717, 1.165) is 6.42 Å². The summed E-state index contributed by atoms with van der Waals surface area (Å²) in [6.07, 6.45) is -10.8. The number of esters is 1. The van der Waals surface area contributed by atoms with Crippen LogP contribution < -0.4 is 0 Å². The van der Waals surface area contributed by atoms with Crippen LogP contribution in [0.3, 0.4) is 0 Å². The number of rotatable bonds is 3. The molecule has 4 saturated carbocycles. The smallest absolute Gasteiger partial charge is 0.430 e. The molecule has 9 heteroatoms. The minimum atomic E-state index is -6.01. The van der Waals surface area contributed by atoms with Crippen LogP contribution in [0.25, 0.3) is 0 Å². The van der Waals surface area contributed by atoms with Crippen LogP contribution in [0, 0.1) is 41.4 Å². The Morgan fingerprint density at radius 3 is 2.00 bits per heavy atom. The van der Waals surface area contributed by atoms with Gasteiger partial charge in [-0.3, -0.25) is 4.79 Å². The van der Waals surface area contributed by atoms with Crippen molar-refractivity contribution in [1.82, 2.24) is 0 Å². The molecule has 0 saturated heterocycles. The molecule has 0 spiro atoms. The number of aliphatic hydroxyl groups is 1. The van der Waals surface area contributed by atoms with Crippen LogP contribution in [0.5, 0.6) is 0 Å². The van der Waals surface area contributed by atoms with Crippen molar-refractivity contribution in [2.24, 2.45) is 41.4 Å². The van der Waals surface area contributed by atoms with Gasteiger partial charge in [0.25, 0.3) is 5.60 Å².